The van der Waals surface area contributed by atoms with Gasteiger partial charge in [0, 0.05) is 16.7 Å². The highest BCUT2D eigenvalue weighted by molar-refractivity contribution is 6.62. The predicted molar refractivity (Wildman–Crippen MR) is 157 cm³/mol. The molecule has 192 valence electrons. The summed E-state index contributed by atoms with van der Waals surface area (Å²) in [5.41, 5.74) is 5.28. The summed E-state index contributed by atoms with van der Waals surface area (Å²) in [5, 5.41) is 0. The van der Waals surface area contributed by atoms with E-state index in [4.69, 9.17) is 24.3 Å². The molecule has 1 fully saturated rings. The Balaban J connectivity index is 1.33. The summed E-state index contributed by atoms with van der Waals surface area (Å²) in [6.07, 6.45) is 0. The van der Waals surface area contributed by atoms with Crippen molar-refractivity contribution < 1.29 is 9.31 Å². The maximum atomic E-state index is 6.27. The lowest BCUT2D eigenvalue weighted by atomic mass is 9.78. The Labute approximate surface area is 230 Å². The number of hydrogen-bond acceptors (Lipinski definition) is 5. The first-order valence-electron chi connectivity index (χ1n) is 13.2. The van der Waals surface area contributed by atoms with Gasteiger partial charge in [-0.15, -0.1) is 0 Å². The van der Waals surface area contributed by atoms with Gasteiger partial charge in [-0.25, -0.2) is 15.0 Å². The number of rotatable bonds is 5. The molecule has 0 bridgehead atoms. The normalized spacial score (nSPS) is 15.8. The largest absolute Gasteiger partial charge is 0.494 e. The van der Waals surface area contributed by atoms with E-state index in [1.165, 1.54) is 0 Å². The van der Waals surface area contributed by atoms with Crippen LogP contribution in [-0.2, 0) is 9.31 Å². The van der Waals surface area contributed by atoms with Gasteiger partial charge in [0.15, 0.2) is 17.5 Å². The summed E-state index contributed by atoms with van der Waals surface area (Å²) in [6.45, 7) is 8.29. The first-order chi connectivity index (χ1) is 18.8. The van der Waals surface area contributed by atoms with Crippen LogP contribution in [0.15, 0.2) is 109 Å². The molecule has 0 N–H and O–H groups in total. The zero-order chi connectivity index (χ0) is 27.0. The lowest BCUT2D eigenvalue weighted by molar-refractivity contribution is 0.00578. The molecule has 0 unspecified atom stereocenters. The topological polar surface area (TPSA) is 57.1 Å². The van der Waals surface area contributed by atoms with Crippen molar-refractivity contribution in [3.63, 3.8) is 0 Å². The van der Waals surface area contributed by atoms with Gasteiger partial charge in [-0.2, -0.15) is 0 Å². The fraction of sp³-hybridized carbons (Fsp3) is 0.182. The molecule has 0 atom stereocenters. The molecule has 1 aromatic heterocycles. The van der Waals surface area contributed by atoms with Gasteiger partial charge in [0.05, 0.1) is 11.2 Å². The summed E-state index contributed by atoms with van der Waals surface area (Å²) < 4.78 is 12.5. The molecular formula is C33H30BN3O2. The van der Waals surface area contributed by atoms with Crippen LogP contribution in [0.5, 0.6) is 0 Å². The Kier molecular flexibility index (Phi) is 6.38. The van der Waals surface area contributed by atoms with Crippen LogP contribution in [0.25, 0.3) is 45.3 Å². The molecule has 1 saturated heterocycles. The quantitative estimate of drug-likeness (QED) is 0.242. The fourth-order valence-corrected chi connectivity index (χ4v) is 4.59. The molecule has 4 aromatic carbocycles. The van der Waals surface area contributed by atoms with E-state index in [0.29, 0.717) is 17.5 Å². The standard InChI is InChI=1S/C33H30BN3O2/c1-32(2)33(3,4)39-34(38-32)28-17-11-16-27(22-28)23-18-20-26(21-19-23)31-36-29(24-12-7-5-8-13-24)35-30(37-31)25-14-9-6-10-15-25/h5-22H,1-4H3. The third kappa shape index (κ3) is 5.01. The van der Waals surface area contributed by atoms with Crippen LogP contribution < -0.4 is 5.46 Å². The molecule has 0 aliphatic carbocycles. The molecular weight excluding hydrogens is 481 g/mol. The van der Waals surface area contributed by atoms with Crippen molar-refractivity contribution in [1.82, 2.24) is 15.0 Å². The van der Waals surface area contributed by atoms with Gasteiger partial charge < -0.3 is 9.31 Å². The van der Waals surface area contributed by atoms with Crippen LogP contribution >= 0.6 is 0 Å². The lowest BCUT2D eigenvalue weighted by Gasteiger charge is -2.32. The molecule has 0 radical (unpaired) electrons. The number of nitrogens with zero attached hydrogens (tertiary/aromatic N) is 3. The van der Waals surface area contributed by atoms with Gasteiger partial charge in [-0.3, -0.25) is 0 Å². The van der Waals surface area contributed by atoms with Crippen molar-refractivity contribution in [2.45, 2.75) is 38.9 Å². The molecule has 39 heavy (non-hydrogen) atoms. The molecule has 6 heteroatoms. The fourth-order valence-electron chi connectivity index (χ4n) is 4.59. The Morgan fingerprint density at radius 1 is 0.462 bits per heavy atom. The molecule has 2 heterocycles. The van der Waals surface area contributed by atoms with E-state index in [1.54, 1.807) is 0 Å². The average molecular weight is 511 g/mol. The van der Waals surface area contributed by atoms with Crippen LogP contribution in [-0.4, -0.2) is 33.3 Å². The lowest BCUT2D eigenvalue weighted by Crippen LogP contribution is -2.41. The van der Waals surface area contributed by atoms with Crippen molar-refractivity contribution in [3.05, 3.63) is 109 Å². The van der Waals surface area contributed by atoms with E-state index in [-0.39, 0.29) is 11.2 Å². The van der Waals surface area contributed by atoms with Crippen LogP contribution in [0.1, 0.15) is 27.7 Å². The van der Waals surface area contributed by atoms with E-state index in [9.17, 15) is 0 Å². The number of hydrogen-bond donors (Lipinski definition) is 0. The van der Waals surface area contributed by atoms with Gasteiger partial charge >= 0.3 is 7.12 Å². The van der Waals surface area contributed by atoms with Crippen molar-refractivity contribution in [2.75, 3.05) is 0 Å². The number of aromatic nitrogens is 3. The highest BCUT2D eigenvalue weighted by atomic mass is 16.7. The maximum absolute atomic E-state index is 6.27. The Bertz CT molecular complexity index is 1530. The monoisotopic (exact) mass is 511 g/mol. The second kappa shape index (κ2) is 9.88. The van der Waals surface area contributed by atoms with Crippen LogP contribution in [0.4, 0.5) is 0 Å². The Hall–Kier alpha value is -4.13. The average Bonchev–Trinajstić information content (AvgIpc) is 3.20. The molecule has 6 rings (SSSR count). The van der Waals surface area contributed by atoms with Crippen molar-refractivity contribution in [1.29, 1.82) is 0 Å². The molecule has 0 spiro atoms. The highest BCUT2D eigenvalue weighted by Gasteiger charge is 2.51. The zero-order valence-corrected chi connectivity index (χ0v) is 22.6. The van der Waals surface area contributed by atoms with Gasteiger partial charge in [-0.05, 0) is 44.3 Å². The first-order valence-corrected chi connectivity index (χ1v) is 13.2. The summed E-state index contributed by atoms with van der Waals surface area (Å²) in [7, 11) is -0.396. The van der Waals surface area contributed by atoms with E-state index < -0.39 is 7.12 Å². The maximum Gasteiger partial charge on any atom is 0.494 e. The molecule has 5 nitrogen and oxygen atoms in total. The number of benzene rings is 4. The van der Waals surface area contributed by atoms with E-state index >= 15 is 0 Å². The highest BCUT2D eigenvalue weighted by Crippen LogP contribution is 2.37. The van der Waals surface area contributed by atoms with Gasteiger partial charge in [-0.1, -0.05) is 109 Å². The second-order valence-corrected chi connectivity index (χ2v) is 10.8. The van der Waals surface area contributed by atoms with Crippen LogP contribution in [0, 0.1) is 0 Å². The van der Waals surface area contributed by atoms with E-state index in [1.807, 2.05) is 66.7 Å². The van der Waals surface area contributed by atoms with Crippen LogP contribution in [0.2, 0.25) is 0 Å². The minimum Gasteiger partial charge on any atom is -0.399 e. The Morgan fingerprint density at radius 2 is 0.872 bits per heavy atom. The second-order valence-electron chi connectivity index (χ2n) is 10.8. The summed E-state index contributed by atoms with van der Waals surface area (Å²) in [5.74, 6) is 1.94. The predicted octanol–water partition coefficient (Wildman–Crippen LogP) is 6.84. The molecule has 1 aliphatic rings. The van der Waals surface area contributed by atoms with Crippen molar-refractivity contribution >= 4 is 12.6 Å². The molecule has 0 saturated carbocycles. The van der Waals surface area contributed by atoms with Gasteiger partial charge in [0.2, 0.25) is 0 Å². The minimum atomic E-state index is -0.396. The third-order valence-corrected chi connectivity index (χ3v) is 7.59. The van der Waals surface area contributed by atoms with Gasteiger partial charge in [0.25, 0.3) is 0 Å². The minimum absolute atomic E-state index is 0.378. The molecule has 1 aliphatic heterocycles. The summed E-state index contributed by atoms with van der Waals surface area (Å²) in [6, 6.07) is 36.7. The Morgan fingerprint density at radius 3 is 1.36 bits per heavy atom. The van der Waals surface area contributed by atoms with Crippen molar-refractivity contribution in [3.8, 4) is 45.3 Å². The van der Waals surface area contributed by atoms with Crippen molar-refractivity contribution in [2.24, 2.45) is 0 Å². The molecule has 0 amide bonds. The third-order valence-electron chi connectivity index (χ3n) is 7.59. The van der Waals surface area contributed by atoms with Crippen LogP contribution in [0.3, 0.4) is 0 Å². The summed E-state index contributed by atoms with van der Waals surface area (Å²) >= 11 is 0. The summed E-state index contributed by atoms with van der Waals surface area (Å²) in [4.78, 5) is 14.5. The first kappa shape index (κ1) is 25.2. The SMILES string of the molecule is CC1(C)OB(c2cccc(-c3ccc(-c4nc(-c5ccccc5)nc(-c5ccccc5)n4)cc3)c2)OC1(C)C. The molecule has 5 aromatic rings. The van der Waals surface area contributed by atoms with E-state index in [2.05, 4.69) is 70.2 Å². The smallest absolute Gasteiger partial charge is 0.399 e. The zero-order valence-electron chi connectivity index (χ0n) is 22.6. The van der Waals surface area contributed by atoms with Gasteiger partial charge in [0.1, 0.15) is 0 Å². The van der Waals surface area contributed by atoms with E-state index in [0.717, 1.165) is 33.3 Å².